The quantitative estimate of drug-likeness (QED) is 0.108. The van der Waals surface area contributed by atoms with E-state index < -0.39 is 12.5 Å². The zero-order valence-electron chi connectivity index (χ0n) is 36.4. The molecule has 6 heteroatoms. The molecule has 2 nitrogen and oxygen atoms in total. The van der Waals surface area contributed by atoms with Crippen LogP contribution in [0.3, 0.4) is 0 Å². The summed E-state index contributed by atoms with van der Waals surface area (Å²) < 4.78 is -0.506. The van der Waals surface area contributed by atoms with Gasteiger partial charge in [-0.2, -0.15) is 0 Å². The van der Waals surface area contributed by atoms with Crippen LogP contribution in [0.25, 0.3) is 11.1 Å². The van der Waals surface area contributed by atoms with E-state index in [1.807, 2.05) is 0 Å². The molecular weight excluding hydrogens is 880 g/mol. The molecule has 0 spiro atoms. The first-order valence-corrected chi connectivity index (χ1v) is 24.7. The zero-order valence-corrected chi connectivity index (χ0v) is 40.6. The Labute approximate surface area is 384 Å². The topological polar surface area (TPSA) is 6.48 Å². The van der Waals surface area contributed by atoms with Crippen molar-refractivity contribution in [1.82, 2.24) is 0 Å². The monoisotopic (exact) mass is 940 g/mol. The van der Waals surface area contributed by atoms with Crippen molar-refractivity contribution in [2.24, 2.45) is 0 Å². The Hall–Kier alpha value is -2.93. The molecule has 4 aromatic rings. The third kappa shape index (κ3) is 7.87. The molecule has 0 radical (unpaired) electrons. The van der Waals surface area contributed by atoms with Crippen LogP contribution in [-0.2, 0) is 19.5 Å². The summed E-state index contributed by atoms with van der Waals surface area (Å²) in [4.78, 5) is 4.94. The minimum Gasteiger partial charge on any atom is -0.301 e. The van der Waals surface area contributed by atoms with Crippen LogP contribution in [-0.4, -0.2) is 21.3 Å². The fourth-order valence-electron chi connectivity index (χ4n) is 11.9. The molecule has 1 aliphatic heterocycles. The summed E-state index contributed by atoms with van der Waals surface area (Å²) >= 11 is 17.3. The number of aryl methyl sites for hydroxylation is 6. The fourth-order valence-corrected chi connectivity index (χ4v) is 18.1. The fraction of sp³-hybridized carbons (Fsp3) is 0.407. The van der Waals surface area contributed by atoms with Gasteiger partial charge in [-0.25, -0.2) is 0 Å². The van der Waals surface area contributed by atoms with Crippen molar-refractivity contribution >= 4 is 53.6 Å². The van der Waals surface area contributed by atoms with E-state index in [1.165, 1.54) is 154 Å². The SMILES string of the molecule is Cc1cc(C)c(N2C=CN(c3c(C)cc(C)cc3C)C2=C2CCC(Cl)(P(C3CCCCC3)C3CCCCC3)C(=C3C=C(c4ccccc4)c4ccccc43)C2Cl)c(C)c1.[Ru]. The first-order chi connectivity index (χ1) is 28.5. The molecule has 60 heavy (non-hydrogen) atoms. The van der Waals surface area contributed by atoms with Crippen molar-refractivity contribution in [3.8, 4) is 0 Å². The molecule has 0 saturated heterocycles. The maximum atomic E-state index is 8.82. The summed E-state index contributed by atoms with van der Waals surface area (Å²) in [6.07, 6.45) is 22.1. The molecule has 0 N–H and O–H groups in total. The van der Waals surface area contributed by atoms with E-state index in [0.29, 0.717) is 11.3 Å². The Morgan fingerprint density at radius 3 is 1.58 bits per heavy atom. The number of alkyl halides is 2. The number of nitrogens with zero attached hydrogens (tertiary/aromatic N) is 2. The van der Waals surface area contributed by atoms with Crippen LogP contribution in [0.2, 0.25) is 0 Å². The molecule has 3 saturated carbocycles. The zero-order chi connectivity index (χ0) is 41.0. The molecule has 0 bridgehead atoms. The molecule has 4 aromatic carbocycles. The second-order valence-electron chi connectivity index (χ2n) is 18.3. The molecule has 3 fully saturated rings. The predicted molar refractivity (Wildman–Crippen MR) is 257 cm³/mol. The largest absolute Gasteiger partial charge is 0.301 e. The van der Waals surface area contributed by atoms with Crippen LogP contribution in [0, 0.1) is 41.5 Å². The molecule has 0 amide bonds. The number of hydrogen-bond acceptors (Lipinski definition) is 2. The van der Waals surface area contributed by atoms with Gasteiger partial charge < -0.3 is 9.80 Å². The third-order valence-electron chi connectivity index (χ3n) is 14.1. The van der Waals surface area contributed by atoms with Crippen LogP contribution in [0.1, 0.15) is 127 Å². The molecule has 4 aliphatic carbocycles. The summed E-state index contributed by atoms with van der Waals surface area (Å²) in [5.74, 6) is 1.17. The van der Waals surface area contributed by atoms with E-state index in [0.717, 1.165) is 12.8 Å². The van der Waals surface area contributed by atoms with Gasteiger partial charge in [0.1, 0.15) is 5.82 Å². The number of benzene rings is 4. The third-order valence-corrected chi connectivity index (χ3v) is 19.4. The van der Waals surface area contributed by atoms with E-state index in [4.69, 9.17) is 23.2 Å². The van der Waals surface area contributed by atoms with Gasteiger partial charge >= 0.3 is 0 Å². The summed E-state index contributed by atoms with van der Waals surface area (Å²) in [5, 5.41) is -0.384. The smallest absolute Gasteiger partial charge is 0.122 e. The van der Waals surface area contributed by atoms with Crippen LogP contribution in [0.4, 0.5) is 11.4 Å². The minimum absolute atomic E-state index is 0. The standard InChI is InChI=1S/C54H61Cl2N2P.Ru/c1-35-30-37(3)51(38(4)31-35)57-28-29-58(52-39(5)32-36(2)33-40(52)6)53(57)46-26-27-54(56,59(42-20-12-8-13-21-42)43-22-14-9-15-23-43)49(50(46)55)48-34-47(41-18-10-7-11-19-41)44-24-16-17-25-45(44)48;/h7,10-11,16-19,24-25,28-34,42-43,50H,8-9,12-15,20-23,26-27H2,1-6H3;. The molecule has 2 unspecified atom stereocenters. The average Bonchev–Trinajstić information content (AvgIpc) is 3.80. The normalized spacial score (nSPS) is 23.7. The maximum absolute atomic E-state index is 8.82. The van der Waals surface area contributed by atoms with Gasteiger partial charge in [-0.15, -0.1) is 23.2 Å². The van der Waals surface area contributed by atoms with Crippen molar-refractivity contribution in [2.45, 2.75) is 140 Å². The molecule has 1 heterocycles. The van der Waals surface area contributed by atoms with Crippen LogP contribution < -0.4 is 9.80 Å². The Morgan fingerprint density at radius 2 is 1.08 bits per heavy atom. The van der Waals surface area contributed by atoms with Gasteiger partial charge in [0.2, 0.25) is 0 Å². The summed E-state index contributed by atoms with van der Waals surface area (Å²) in [5.41, 5.74) is 20.4. The van der Waals surface area contributed by atoms with E-state index in [-0.39, 0.29) is 24.9 Å². The van der Waals surface area contributed by atoms with Crippen molar-refractivity contribution in [2.75, 3.05) is 9.80 Å². The van der Waals surface area contributed by atoms with Crippen LogP contribution in [0.15, 0.2) is 114 Å². The van der Waals surface area contributed by atoms with Gasteiger partial charge in [0.15, 0.2) is 0 Å². The number of rotatable bonds is 6. The van der Waals surface area contributed by atoms with Crippen LogP contribution in [0.5, 0.6) is 0 Å². The summed E-state index contributed by atoms with van der Waals surface area (Å²) in [6.45, 7) is 13.5. The second kappa shape index (κ2) is 18.0. The van der Waals surface area contributed by atoms with E-state index >= 15 is 0 Å². The number of halogens is 2. The Balaban J connectivity index is 0.00000499. The molecule has 0 aromatic heterocycles. The Morgan fingerprint density at radius 1 is 0.617 bits per heavy atom. The maximum Gasteiger partial charge on any atom is 0.122 e. The van der Waals surface area contributed by atoms with E-state index in [1.54, 1.807) is 0 Å². The average molecular weight is 941 g/mol. The molecule has 314 valence electrons. The molecule has 5 aliphatic rings. The number of fused-ring (bicyclic) bond motifs is 1. The van der Waals surface area contributed by atoms with Gasteiger partial charge in [-0.1, -0.05) is 136 Å². The second-order valence-corrected chi connectivity index (χ2v) is 22.7. The molecule has 9 rings (SSSR count). The summed E-state index contributed by atoms with van der Waals surface area (Å²) in [7, 11) is -0.578. The van der Waals surface area contributed by atoms with Crippen molar-refractivity contribution in [3.05, 3.63) is 164 Å². The molecular formula is C54H61Cl2N2PRu. The van der Waals surface area contributed by atoms with E-state index in [2.05, 4.69) is 149 Å². The number of hydrogen-bond donors (Lipinski definition) is 0. The van der Waals surface area contributed by atoms with Gasteiger partial charge in [0.25, 0.3) is 0 Å². The number of anilines is 2. The van der Waals surface area contributed by atoms with Crippen molar-refractivity contribution in [1.29, 1.82) is 0 Å². The Kier molecular flexibility index (Phi) is 13.1. The van der Waals surface area contributed by atoms with Crippen molar-refractivity contribution < 1.29 is 19.5 Å². The van der Waals surface area contributed by atoms with Crippen LogP contribution >= 0.6 is 31.1 Å². The minimum atomic E-state index is -0.578. The summed E-state index contributed by atoms with van der Waals surface area (Å²) in [6, 6.07) is 29.3. The first-order valence-electron chi connectivity index (χ1n) is 22.4. The van der Waals surface area contributed by atoms with E-state index in [9.17, 15) is 0 Å². The van der Waals surface area contributed by atoms with Gasteiger partial charge in [-0.05, 0) is 159 Å². The predicted octanol–water partition coefficient (Wildman–Crippen LogP) is 15.9. The number of allylic oxidation sites excluding steroid dienone is 4. The van der Waals surface area contributed by atoms with Gasteiger partial charge in [0, 0.05) is 31.9 Å². The first kappa shape index (κ1) is 43.7. The van der Waals surface area contributed by atoms with Gasteiger partial charge in [-0.3, -0.25) is 0 Å². The van der Waals surface area contributed by atoms with Gasteiger partial charge in [0.05, 0.1) is 21.4 Å². The molecule has 2 atom stereocenters. The Bertz CT molecular complexity index is 2250. The van der Waals surface area contributed by atoms with Crippen molar-refractivity contribution in [3.63, 3.8) is 0 Å².